The topological polar surface area (TPSA) is 61.4 Å². The van der Waals surface area contributed by atoms with Gasteiger partial charge in [0, 0.05) is 25.7 Å². The van der Waals surface area contributed by atoms with Gasteiger partial charge in [-0.05, 0) is 43.7 Å². The number of hydrogen-bond acceptors (Lipinski definition) is 4. The van der Waals surface area contributed by atoms with Crippen LogP contribution < -0.4 is 10.6 Å². The fourth-order valence-electron chi connectivity index (χ4n) is 2.87. The largest absolute Gasteiger partial charge is 0.335 e. The van der Waals surface area contributed by atoms with Crippen LogP contribution in [0.4, 0.5) is 9.39 Å². The second kappa shape index (κ2) is 9.01. The zero-order chi connectivity index (χ0) is 18.8. The maximum atomic E-state index is 13.1. The summed E-state index contributed by atoms with van der Waals surface area (Å²) in [5.41, 5.74) is 0.995. The van der Waals surface area contributed by atoms with Crippen LogP contribution in [0.1, 0.15) is 32.5 Å². The third-order valence-electron chi connectivity index (χ3n) is 4.18. The third-order valence-corrected chi connectivity index (χ3v) is 5.63. The maximum Gasteiger partial charge on any atom is 0.264 e. The Morgan fingerprint density at radius 2 is 2.11 bits per heavy atom. The molecule has 2 aromatic rings. The van der Waals surface area contributed by atoms with Crippen LogP contribution in [0.2, 0.25) is 5.02 Å². The van der Waals surface area contributed by atoms with E-state index in [-0.39, 0.29) is 34.9 Å². The Bertz CT molecular complexity index is 859. The molecule has 0 radical (unpaired) electrons. The van der Waals surface area contributed by atoms with Gasteiger partial charge in [0.15, 0.2) is 0 Å². The molecule has 0 aliphatic carbocycles. The van der Waals surface area contributed by atoms with Crippen LogP contribution in [0.15, 0.2) is 24.3 Å². The highest BCUT2D eigenvalue weighted by Crippen LogP contribution is 2.29. The van der Waals surface area contributed by atoms with E-state index < -0.39 is 11.7 Å². The quantitative estimate of drug-likeness (QED) is 0.772. The summed E-state index contributed by atoms with van der Waals surface area (Å²) < 4.78 is 13.1. The van der Waals surface area contributed by atoms with Gasteiger partial charge in [0.2, 0.25) is 0 Å². The first-order valence-corrected chi connectivity index (χ1v) is 9.44. The van der Waals surface area contributed by atoms with Crippen LogP contribution in [-0.2, 0) is 0 Å². The normalized spacial score (nSPS) is 16.6. The summed E-state index contributed by atoms with van der Waals surface area (Å²) in [4.78, 5) is 27.6. The zero-order valence-electron chi connectivity index (χ0n) is 14.8. The van der Waals surface area contributed by atoms with Crippen molar-refractivity contribution >= 4 is 52.2 Å². The molecular weight excluding hydrogens is 412 g/mol. The minimum atomic E-state index is -0.503. The first-order chi connectivity index (χ1) is 12.3. The Morgan fingerprint density at radius 3 is 2.78 bits per heavy atom. The summed E-state index contributed by atoms with van der Waals surface area (Å²) in [6.45, 7) is 5.97. The van der Waals surface area contributed by atoms with E-state index in [1.807, 2.05) is 18.7 Å². The van der Waals surface area contributed by atoms with E-state index in [0.29, 0.717) is 23.0 Å². The number of halogens is 3. The molecule has 1 fully saturated rings. The predicted octanol–water partition coefficient (Wildman–Crippen LogP) is 3.96. The number of anilines is 1. The summed E-state index contributed by atoms with van der Waals surface area (Å²) in [5, 5.41) is 6.64. The number of nitrogens with zero attached hydrogens (tertiary/aromatic N) is 1. The van der Waals surface area contributed by atoms with Gasteiger partial charge in [-0.25, -0.2) is 4.39 Å². The van der Waals surface area contributed by atoms with Crippen molar-refractivity contribution in [2.75, 3.05) is 25.0 Å². The summed E-state index contributed by atoms with van der Waals surface area (Å²) >= 11 is 7.16. The molecule has 27 heavy (non-hydrogen) atoms. The van der Waals surface area contributed by atoms with Gasteiger partial charge in [0.05, 0.1) is 20.5 Å². The lowest BCUT2D eigenvalue weighted by Gasteiger charge is -2.31. The van der Waals surface area contributed by atoms with E-state index in [1.165, 1.54) is 23.5 Å². The summed E-state index contributed by atoms with van der Waals surface area (Å²) in [6.07, 6.45) is 0. The number of hydrogen-bond donors (Lipinski definition) is 2. The zero-order valence-corrected chi connectivity index (χ0v) is 17.2. The SMILES string of the molecule is Cc1cc(NC(=O)c2ccc(F)cc2Cl)sc1C(=O)N1CCNC(C)C1.Cl. The number of amides is 2. The second-order valence-electron chi connectivity index (χ2n) is 6.31. The number of nitrogens with one attached hydrogen (secondary N) is 2. The Hall–Kier alpha value is -1.67. The van der Waals surface area contributed by atoms with Gasteiger partial charge in [0.25, 0.3) is 11.8 Å². The summed E-state index contributed by atoms with van der Waals surface area (Å²) in [6, 6.07) is 5.63. The van der Waals surface area contributed by atoms with Crippen LogP contribution >= 0.6 is 35.3 Å². The molecule has 9 heteroatoms. The minimum Gasteiger partial charge on any atom is -0.335 e. The molecule has 3 rings (SSSR count). The van der Waals surface area contributed by atoms with Crippen molar-refractivity contribution in [3.63, 3.8) is 0 Å². The fourth-order valence-corrected chi connectivity index (χ4v) is 4.16. The highest BCUT2D eigenvalue weighted by molar-refractivity contribution is 7.18. The van der Waals surface area contributed by atoms with Gasteiger partial charge in [-0.1, -0.05) is 11.6 Å². The molecule has 0 saturated carbocycles. The lowest BCUT2D eigenvalue weighted by atomic mass is 10.2. The van der Waals surface area contributed by atoms with Gasteiger partial charge in [-0.2, -0.15) is 0 Å². The molecular formula is C18H20Cl2FN3O2S. The first-order valence-electron chi connectivity index (χ1n) is 8.24. The Labute approximate surface area is 172 Å². The lowest BCUT2D eigenvalue weighted by molar-refractivity contribution is 0.0713. The number of carbonyl (C=O) groups excluding carboxylic acids is 2. The van der Waals surface area contributed by atoms with E-state index in [0.717, 1.165) is 18.2 Å². The molecule has 0 spiro atoms. The number of aryl methyl sites for hydroxylation is 1. The van der Waals surface area contributed by atoms with E-state index in [2.05, 4.69) is 10.6 Å². The molecule has 1 aromatic heterocycles. The molecule has 146 valence electrons. The number of thiophene rings is 1. The van der Waals surface area contributed by atoms with Crippen molar-refractivity contribution < 1.29 is 14.0 Å². The van der Waals surface area contributed by atoms with E-state index in [4.69, 9.17) is 11.6 Å². The highest BCUT2D eigenvalue weighted by atomic mass is 35.5. The summed E-state index contributed by atoms with van der Waals surface area (Å²) in [7, 11) is 0. The molecule has 2 N–H and O–H groups in total. The van der Waals surface area contributed by atoms with Crippen molar-refractivity contribution in [2.45, 2.75) is 19.9 Å². The van der Waals surface area contributed by atoms with Crippen molar-refractivity contribution in [2.24, 2.45) is 0 Å². The van der Waals surface area contributed by atoms with Crippen molar-refractivity contribution in [3.05, 3.63) is 51.1 Å². The van der Waals surface area contributed by atoms with Crippen LogP contribution in [0.3, 0.4) is 0 Å². The first kappa shape index (κ1) is 21.6. The molecule has 2 heterocycles. The molecule has 1 aromatic carbocycles. The van der Waals surface area contributed by atoms with Crippen molar-refractivity contribution in [1.29, 1.82) is 0 Å². The molecule has 1 unspecified atom stereocenters. The Kier molecular flexibility index (Phi) is 7.22. The van der Waals surface area contributed by atoms with Gasteiger partial charge >= 0.3 is 0 Å². The van der Waals surface area contributed by atoms with E-state index in [9.17, 15) is 14.0 Å². The number of carbonyl (C=O) groups is 2. The second-order valence-corrected chi connectivity index (χ2v) is 7.77. The highest BCUT2D eigenvalue weighted by Gasteiger charge is 2.25. The van der Waals surface area contributed by atoms with Crippen molar-refractivity contribution in [1.82, 2.24) is 10.2 Å². The van der Waals surface area contributed by atoms with Crippen LogP contribution in [0, 0.1) is 12.7 Å². The number of piperazine rings is 1. The molecule has 1 aliphatic heterocycles. The lowest BCUT2D eigenvalue weighted by Crippen LogP contribution is -2.51. The minimum absolute atomic E-state index is 0. The standard InChI is InChI=1S/C18H19ClFN3O2S.ClH/c1-10-7-15(22-17(24)13-4-3-12(20)8-14(13)19)26-16(10)18(25)23-6-5-21-11(2)9-23;/h3-4,7-8,11,21H,5-6,9H2,1-2H3,(H,22,24);1H. The monoisotopic (exact) mass is 431 g/mol. The fraction of sp³-hybridized carbons (Fsp3) is 0.333. The maximum absolute atomic E-state index is 13.1. The van der Waals surface area contributed by atoms with Crippen LogP contribution in [0.5, 0.6) is 0 Å². The van der Waals surface area contributed by atoms with E-state index in [1.54, 1.807) is 6.07 Å². The average molecular weight is 432 g/mol. The van der Waals surface area contributed by atoms with Crippen LogP contribution in [-0.4, -0.2) is 42.4 Å². The average Bonchev–Trinajstić information content (AvgIpc) is 2.94. The summed E-state index contributed by atoms with van der Waals surface area (Å²) in [5.74, 6) is -0.969. The molecule has 1 atom stereocenters. The van der Waals surface area contributed by atoms with Crippen molar-refractivity contribution in [3.8, 4) is 0 Å². The van der Waals surface area contributed by atoms with Gasteiger partial charge in [0.1, 0.15) is 5.82 Å². The molecule has 2 amide bonds. The Balaban J connectivity index is 0.00000261. The van der Waals surface area contributed by atoms with Gasteiger partial charge in [-0.3, -0.25) is 9.59 Å². The smallest absolute Gasteiger partial charge is 0.264 e. The van der Waals surface area contributed by atoms with Gasteiger partial charge in [-0.15, -0.1) is 23.7 Å². The molecule has 0 bridgehead atoms. The third kappa shape index (κ3) is 4.99. The number of benzene rings is 1. The number of rotatable bonds is 3. The van der Waals surface area contributed by atoms with Gasteiger partial charge < -0.3 is 15.5 Å². The predicted molar refractivity (Wildman–Crippen MR) is 109 cm³/mol. The van der Waals surface area contributed by atoms with E-state index >= 15 is 0 Å². The molecule has 5 nitrogen and oxygen atoms in total. The molecule has 1 aliphatic rings. The molecule has 1 saturated heterocycles. The Morgan fingerprint density at radius 1 is 1.37 bits per heavy atom. The van der Waals surface area contributed by atoms with Crippen LogP contribution in [0.25, 0.3) is 0 Å².